The lowest BCUT2D eigenvalue weighted by Crippen LogP contribution is -2.34. The third kappa shape index (κ3) is 3.55. The van der Waals surface area contributed by atoms with Crippen molar-refractivity contribution in [2.45, 2.75) is 19.1 Å². The van der Waals surface area contributed by atoms with Crippen molar-refractivity contribution in [3.05, 3.63) is 54.1 Å². The van der Waals surface area contributed by atoms with Gasteiger partial charge >= 0.3 is 5.97 Å². The van der Waals surface area contributed by atoms with Crippen LogP contribution in [0.4, 0.5) is 0 Å². The summed E-state index contributed by atoms with van der Waals surface area (Å²) >= 11 is 0. The molecule has 0 amide bonds. The van der Waals surface area contributed by atoms with E-state index in [0.717, 1.165) is 5.56 Å². The molecular formula is C16H18O3. The van der Waals surface area contributed by atoms with Gasteiger partial charge in [0, 0.05) is 5.92 Å². The zero-order valence-corrected chi connectivity index (χ0v) is 11.2. The van der Waals surface area contributed by atoms with E-state index >= 15 is 0 Å². The molecule has 3 atom stereocenters. The molecule has 0 radical (unpaired) electrons. The van der Waals surface area contributed by atoms with Gasteiger partial charge < -0.3 is 9.47 Å². The molecule has 100 valence electrons. The van der Waals surface area contributed by atoms with Crippen molar-refractivity contribution in [3.8, 4) is 0 Å². The molecule has 0 spiro atoms. The first kappa shape index (κ1) is 13.6. The lowest BCUT2D eigenvalue weighted by atomic mass is 9.99. The standard InChI is InChI=1S/C16H18O3/c1-12-8-10-15(16(17)18-2)19-14(12)11-9-13-6-4-3-5-7-13/h3-12,14-15H,1-2H3/b11-9+/t12-,14+,15-/m0/s1. The Hall–Kier alpha value is -1.87. The van der Waals surface area contributed by atoms with Crippen LogP contribution in [0.2, 0.25) is 0 Å². The van der Waals surface area contributed by atoms with Crippen molar-refractivity contribution in [1.29, 1.82) is 0 Å². The van der Waals surface area contributed by atoms with Crippen LogP contribution in [-0.4, -0.2) is 25.3 Å². The highest BCUT2D eigenvalue weighted by molar-refractivity contribution is 5.77. The highest BCUT2D eigenvalue weighted by Gasteiger charge is 2.27. The Bertz CT molecular complexity index is 476. The molecule has 19 heavy (non-hydrogen) atoms. The minimum atomic E-state index is -0.605. The van der Waals surface area contributed by atoms with Crippen LogP contribution >= 0.6 is 0 Å². The third-order valence-corrected chi connectivity index (χ3v) is 3.12. The molecular weight excluding hydrogens is 240 g/mol. The molecule has 0 fully saturated rings. The summed E-state index contributed by atoms with van der Waals surface area (Å²) in [4.78, 5) is 11.5. The van der Waals surface area contributed by atoms with Crippen LogP contribution in [0.25, 0.3) is 6.08 Å². The van der Waals surface area contributed by atoms with Crippen LogP contribution in [0, 0.1) is 5.92 Å². The normalized spacial score (nSPS) is 26.5. The van der Waals surface area contributed by atoms with Crippen molar-refractivity contribution in [2.75, 3.05) is 7.11 Å². The molecule has 1 heterocycles. The third-order valence-electron chi connectivity index (χ3n) is 3.12. The van der Waals surface area contributed by atoms with Gasteiger partial charge in [-0.05, 0) is 11.6 Å². The van der Waals surface area contributed by atoms with E-state index in [9.17, 15) is 4.79 Å². The number of carbonyl (C=O) groups is 1. The summed E-state index contributed by atoms with van der Waals surface area (Å²) in [5.74, 6) is -0.123. The zero-order chi connectivity index (χ0) is 13.7. The minimum Gasteiger partial charge on any atom is -0.467 e. The summed E-state index contributed by atoms with van der Waals surface area (Å²) < 4.78 is 10.4. The Morgan fingerprint density at radius 3 is 2.68 bits per heavy atom. The number of rotatable bonds is 3. The summed E-state index contributed by atoms with van der Waals surface area (Å²) in [6.07, 6.45) is 7.02. The SMILES string of the molecule is COC(=O)[C@@H]1C=C[C@H](C)[C@@H](/C=C/c2ccccc2)O1. The van der Waals surface area contributed by atoms with Gasteiger partial charge in [0.1, 0.15) is 0 Å². The van der Waals surface area contributed by atoms with Gasteiger partial charge in [-0.2, -0.15) is 0 Å². The average molecular weight is 258 g/mol. The van der Waals surface area contributed by atoms with Gasteiger partial charge in [-0.25, -0.2) is 4.79 Å². The summed E-state index contributed by atoms with van der Waals surface area (Å²) in [6, 6.07) is 10.0. The Morgan fingerprint density at radius 2 is 2.00 bits per heavy atom. The molecule has 0 unspecified atom stereocenters. The second-order valence-electron chi connectivity index (χ2n) is 4.56. The molecule has 3 heteroatoms. The molecule has 1 aromatic carbocycles. The molecule has 0 saturated heterocycles. The lowest BCUT2D eigenvalue weighted by molar-refractivity contribution is -0.154. The second kappa shape index (κ2) is 6.34. The smallest absolute Gasteiger partial charge is 0.339 e. The predicted octanol–water partition coefficient (Wildman–Crippen LogP) is 2.83. The topological polar surface area (TPSA) is 35.5 Å². The number of hydrogen-bond acceptors (Lipinski definition) is 3. The van der Waals surface area contributed by atoms with E-state index < -0.39 is 6.10 Å². The van der Waals surface area contributed by atoms with Crippen molar-refractivity contribution in [1.82, 2.24) is 0 Å². The first-order valence-corrected chi connectivity index (χ1v) is 6.35. The Balaban J connectivity index is 2.06. The monoisotopic (exact) mass is 258 g/mol. The Kier molecular flexibility index (Phi) is 4.53. The molecule has 0 N–H and O–H groups in total. The van der Waals surface area contributed by atoms with Gasteiger partial charge in [0.2, 0.25) is 0 Å². The van der Waals surface area contributed by atoms with Crippen molar-refractivity contribution in [3.63, 3.8) is 0 Å². The van der Waals surface area contributed by atoms with E-state index in [4.69, 9.17) is 9.47 Å². The quantitative estimate of drug-likeness (QED) is 0.618. The highest BCUT2D eigenvalue weighted by atomic mass is 16.6. The maximum Gasteiger partial charge on any atom is 0.339 e. The fourth-order valence-electron chi connectivity index (χ4n) is 1.97. The van der Waals surface area contributed by atoms with Gasteiger partial charge in [-0.15, -0.1) is 0 Å². The van der Waals surface area contributed by atoms with Crippen LogP contribution in [0.1, 0.15) is 12.5 Å². The summed E-state index contributed by atoms with van der Waals surface area (Å²) in [6.45, 7) is 2.06. The minimum absolute atomic E-state index is 0.116. The number of carbonyl (C=O) groups excluding carboxylic acids is 1. The zero-order valence-electron chi connectivity index (χ0n) is 11.2. The van der Waals surface area contributed by atoms with Gasteiger partial charge in [-0.3, -0.25) is 0 Å². The van der Waals surface area contributed by atoms with Crippen molar-refractivity contribution in [2.24, 2.45) is 5.92 Å². The van der Waals surface area contributed by atoms with Crippen LogP contribution in [0.3, 0.4) is 0 Å². The van der Waals surface area contributed by atoms with Crippen LogP contribution in [-0.2, 0) is 14.3 Å². The van der Waals surface area contributed by atoms with Crippen LogP contribution in [0.5, 0.6) is 0 Å². The molecule has 0 aliphatic carbocycles. The molecule has 0 bridgehead atoms. The van der Waals surface area contributed by atoms with E-state index in [-0.39, 0.29) is 18.0 Å². The highest BCUT2D eigenvalue weighted by Crippen LogP contribution is 2.21. The maximum atomic E-state index is 11.5. The van der Waals surface area contributed by atoms with Crippen molar-refractivity contribution >= 4 is 12.0 Å². The van der Waals surface area contributed by atoms with Gasteiger partial charge in [0.25, 0.3) is 0 Å². The van der Waals surface area contributed by atoms with Crippen LogP contribution < -0.4 is 0 Å². The van der Waals surface area contributed by atoms with E-state index in [2.05, 4.69) is 6.92 Å². The molecule has 1 aliphatic heterocycles. The Labute approximate surface area is 113 Å². The fraction of sp³-hybridized carbons (Fsp3) is 0.312. The predicted molar refractivity (Wildman–Crippen MR) is 74.5 cm³/mol. The van der Waals surface area contributed by atoms with E-state index in [1.807, 2.05) is 48.6 Å². The van der Waals surface area contributed by atoms with E-state index in [1.165, 1.54) is 7.11 Å². The number of methoxy groups -OCH3 is 1. The number of hydrogen-bond donors (Lipinski definition) is 0. The molecule has 1 aromatic rings. The lowest BCUT2D eigenvalue weighted by Gasteiger charge is -2.27. The molecule has 0 aromatic heterocycles. The largest absolute Gasteiger partial charge is 0.467 e. The van der Waals surface area contributed by atoms with E-state index in [0.29, 0.717) is 0 Å². The summed E-state index contributed by atoms with van der Waals surface area (Å²) in [5, 5.41) is 0. The number of ether oxygens (including phenoxy) is 2. The van der Waals surface area contributed by atoms with Crippen molar-refractivity contribution < 1.29 is 14.3 Å². The van der Waals surface area contributed by atoms with Gasteiger partial charge in [-0.1, -0.05) is 55.5 Å². The number of esters is 1. The number of benzene rings is 1. The molecule has 2 rings (SSSR count). The van der Waals surface area contributed by atoms with Gasteiger partial charge in [0.05, 0.1) is 13.2 Å². The van der Waals surface area contributed by atoms with Crippen LogP contribution in [0.15, 0.2) is 48.6 Å². The van der Waals surface area contributed by atoms with E-state index in [1.54, 1.807) is 6.08 Å². The second-order valence-corrected chi connectivity index (χ2v) is 4.56. The first-order valence-electron chi connectivity index (χ1n) is 6.35. The molecule has 3 nitrogen and oxygen atoms in total. The summed E-state index contributed by atoms with van der Waals surface area (Å²) in [7, 11) is 1.37. The maximum absolute atomic E-state index is 11.5. The molecule has 1 aliphatic rings. The Morgan fingerprint density at radius 1 is 1.26 bits per heavy atom. The summed E-state index contributed by atoms with van der Waals surface area (Å²) in [5.41, 5.74) is 1.11. The first-order chi connectivity index (χ1) is 9.20. The van der Waals surface area contributed by atoms with Gasteiger partial charge in [0.15, 0.2) is 6.10 Å². The molecule has 0 saturated carbocycles. The fourth-order valence-corrected chi connectivity index (χ4v) is 1.97. The average Bonchev–Trinajstić information content (AvgIpc) is 2.46.